The molecule has 3 aromatic rings. The zero-order valence-electron chi connectivity index (χ0n) is 19.2. The van der Waals surface area contributed by atoms with Gasteiger partial charge in [-0.1, -0.05) is 11.9 Å². The number of anilines is 1. The molecule has 0 saturated heterocycles. The highest BCUT2D eigenvalue weighted by atomic mass is 32.2. The second-order valence-corrected chi connectivity index (χ2v) is 10.6. The van der Waals surface area contributed by atoms with Crippen molar-refractivity contribution < 1.29 is 13.6 Å². The summed E-state index contributed by atoms with van der Waals surface area (Å²) in [5.41, 5.74) is 7.43. The molecule has 0 aliphatic heterocycles. The molecule has 2 aromatic carbocycles. The number of hydrogen-bond acceptors (Lipinski definition) is 5. The van der Waals surface area contributed by atoms with E-state index in [0.29, 0.717) is 16.7 Å². The number of nitrogen functional groups attached to an aromatic ring is 1. The first kappa shape index (κ1) is 24.7. The first-order chi connectivity index (χ1) is 15.4. The fourth-order valence-corrected chi connectivity index (χ4v) is 3.97. The molecule has 0 aliphatic rings. The fraction of sp³-hybridized carbons (Fsp3) is 0.280. The largest absolute Gasteiger partial charge is 0.396 e. The molecule has 0 amide bonds. The van der Waals surface area contributed by atoms with E-state index in [1.165, 1.54) is 52.9 Å². The Hall–Kier alpha value is -2.97. The second-order valence-electron chi connectivity index (χ2n) is 8.90. The van der Waals surface area contributed by atoms with Crippen LogP contribution in [0, 0.1) is 11.6 Å². The van der Waals surface area contributed by atoms with E-state index in [4.69, 9.17) is 5.73 Å². The number of carbonyl (C=O) groups is 1. The monoisotopic (exact) mass is 471 g/mol. The number of nitrogens with two attached hydrogens (primary N) is 1. The van der Waals surface area contributed by atoms with Gasteiger partial charge in [-0.15, -0.1) is 0 Å². The molecule has 0 saturated carbocycles. The molecule has 5 nitrogen and oxygen atoms in total. The van der Waals surface area contributed by atoms with Gasteiger partial charge in [-0.3, -0.25) is 14.3 Å². The Kier molecular flexibility index (Phi) is 7.09. The lowest BCUT2D eigenvalue weighted by Gasteiger charge is -2.24. The third kappa shape index (κ3) is 5.69. The van der Waals surface area contributed by atoms with Crippen molar-refractivity contribution in [3.8, 4) is 11.1 Å². The zero-order chi connectivity index (χ0) is 24.5. The van der Waals surface area contributed by atoms with Crippen LogP contribution in [-0.2, 0) is 7.05 Å². The van der Waals surface area contributed by atoms with E-state index in [0.717, 1.165) is 6.07 Å². The van der Waals surface area contributed by atoms with Gasteiger partial charge in [-0.05, 0) is 75.2 Å². The van der Waals surface area contributed by atoms with E-state index >= 15 is 0 Å². The van der Waals surface area contributed by atoms with E-state index in [1.54, 1.807) is 13.2 Å². The van der Waals surface area contributed by atoms with Crippen LogP contribution in [0.1, 0.15) is 55.2 Å². The van der Waals surface area contributed by atoms with Crippen LogP contribution in [0.25, 0.3) is 11.1 Å². The van der Waals surface area contributed by atoms with Gasteiger partial charge < -0.3 is 10.3 Å². The van der Waals surface area contributed by atoms with E-state index in [2.05, 4.69) is 25.5 Å². The van der Waals surface area contributed by atoms with Crippen LogP contribution < -0.4 is 16.0 Å². The van der Waals surface area contributed by atoms with Gasteiger partial charge in [0.2, 0.25) is 0 Å². The number of aromatic nitrogens is 1. The zero-order valence-corrected chi connectivity index (χ0v) is 20.0. The number of carbonyl (C=O) groups excluding carboxylic acids is 1. The lowest BCUT2D eigenvalue weighted by Crippen LogP contribution is -2.24. The highest BCUT2D eigenvalue weighted by molar-refractivity contribution is 7.98. The van der Waals surface area contributed by atoms with Crippen LogP contribution in [0.2, 0.25) is 0 Å². The number of hydrogen-bond donors (Lipinski definition) is 2. The van der Waals surface area contributed by atoms with E-state index in [1.807, 2.05) is 6.92 Å². The van der Waals surface area contributed by atoms with Gasteiger partial charge >= 0.3 is 0 Å². The molecule has 174 valence electrons. The lowest BCUT2D eigenvalue weighted by atomic mass is 9.90. The van der Waals surface area contributed by atoms with E-state index in [9.17, 15) is 18.4 Å². The standard InChI is InChI=1S/C25H27F2N3O2S/c1-14(29-33-25(2,3)4)17-12-23(31)30(5)13-20(17)18-11-22(28)21(27)10-19(18)24(32)15-6-8-16(26)9-7-15/h6-14,29H,28H2,1-5H3/t14-/m0/s1. The Morgan fingerprint density at radius 2 is 1.73 bits per heavy atom. The topological polar surface area (TPSA) is 77.1 Å². The number of halogens is 2. The molecule has 1 atom stereocenters. The van der Waals surface area contributed by atoms with Crippen molar-refractivity contribution >= 4 is 23.4 Å². The quantitative estimate of drug-likeness (QED) is 0.292. The van der Waals surface area contributed by atoms with Gasteiger partial charge in [-0.2, -0.15) is 0 Å². The Bertz CT molecular complexity index is 1250. The molecule has 1 aromatic heterocycles. The maximum Gasteiger partial charge on any atom is 0.250 e. The minimum Gasteiger partial charge on any atom is -0.396 e. The van der Waals surface area contributed by atoms with Gasteiger partial charge in [0.25, 0.3) is 5.56 Å². The van der Waals surface area contributed by atoms with Crippen molar-refractivity contribution in [3.63, 3.8) is 0 Å². The Labute approximate surface area is 196 Å². The van der Waals surface area contributed by atoms with Gasteiger partial charge in [0.1, 0.15) is 11.6 Å². The molecular formula is C25H27F2N3O2S. The van der Waals surface area contributed by atoms with Crippen LogP contribution in [0.15, 0.2) is 53.5 Å². The molecule has 0 radical (unpaired) electrons. The van der Waals surface area contributed by atoms with Crippen LogP contribution in [0.3, 0.4) is 0 Å². The van der Waals surface area contributed by atoms with Crippen molar-refractivity contribution in [2.24, 2.45) is 7.05 Å². The molecule has 0 spiro atoms. The van der Waals surface area contributed by atoms with Crippen molar-refractivity contribution in [2.45, 2.75) is 38.5 Å². The summed E-state index contributed by atoms with van der Waals surface area (Å²) in [6.45, 7) is 8.08. The van der Waals surface area contributed by atoms with Gasteiger partial charge in [0.15, 0.2) is 5.78 Å². The molecule has 3 N–H and O–H groups in total. The normalized spacial score (nSPS) is 12.6. The average molecular weight is 472 g/mol. The van der Waals surface area contributed by atoms with Gasteiger partial charge in [0, 0.05) is 46.8 Å². The number of pyridine rings is 1. The van der Waals surface area contributed by atoms with Crippen molar-refractivity contribution in [2.75, 3.05) is 5.73 Å². The maximum absolute atomic E-state index is 14.5. The third-order valence-electron chi connectivity index (χ3n) is 5.05. The highest BCUT2D eigenvalue weighted by Gasteiger charge is 2.23. The minimum atomic E-state index is -0.731. The molecule has 0 bridgehead atoms. The summed E-state index contributed by atoms with van der Waals surface area (Å²) in [5.74, 6) is -1.69. The molecule has 1 heterocycles. The first-order valence-electron chi connectivity index (χ1n) is 10.4. The number of nitrogens with one attached hydrogen (secondary N) is 1. The van der Waals surface area contributed by atoms with Crippen LogP contribution >= 0.6 is 11.9 Å². The number of aryl methyl sites for hydroxylation is 1. The smallest absolute Gasteiger partial charge is 0.250 e. The Morgan fingerprint density at radius 3 is 2.33 bits per heavy atom. The molecule has 0 fully saturated rings. The number of rotatable bonds is 6. The van der Waals surface area contributed by atoms with E-state index in [-0.39, 0.29) is 33.2 Å². The van der Waals surface area contributed by atoms with Crippen LogP contribution in [-0.4, -0.2) is 15.1 Å². The summed E-state index contributed by atoms with van der Waals surface area (Å²) < 4.78 is 32.5. The first-order valence-corrected chi connectivity index (χ1v) is 11.2. The maximum atomic E-state index is 14.5. The van der Waals surface area contributed by atoms with E-state index < -0.39 is 17.4 Å². The van der Waals surface area contributed by atoms with Gasteiger partial charge in [0.05, 0.1) is 5.69 Å². The number of ketones is 1. The summed E-state index contributed by atoms with van der Waals surface area (Å²) in [5, 5.41) is 0. The number of benzene rings is 2. The molecule has 33 heavy (non-hydrogen) atoms. The summed E-state index contributed by atoms with van der Waals surface area (Å²) in [7, 11) is 1.60. The van der Waals surface area contributed by atoms with Crippen LogP contribution in [0.5, 0.6) is 0 Å². The molecular weight excluding hydrogens is 444 g/mol. The van der Waals surface area contributed by atoms with Gasteiger partial charge in [-0.25, -0.2) is 8.78 Å². The average Bonchev–Trinajstić information content (AvgIpc) is 2.75. The van der Waals surface area contributed by atoms with Crippen LogP contribution in [0.4, 0.5) is 14.5 Å². The third-order valence-corrected chi connectivity index (χ3v) is 6.13. The Morgan fingerprint density at radius 1 is 1.09 bits per heavy atom. The van der Waals surface area contributed by atoms with Crippen molar-refractivity contribution in [1.29, 1.82) is 0 Å². The fourth-order valence-electron chi connectivity index (χ4n) is 3.31. The lowest BCUT2D eigenvalue weighted by molar-refractivity contribution is 0.103. The predicted octanol–water partition coefficient (Wildman–Crippen LogP) is 5.24. The summed E-state index contributed by atoms with van der Waals surface area (Å²) in [4.78, 5) is 25.8. The molecule has 3 rings (SSSR count). The summed E-state index contributed by atoms with van der Waals surface area (Å²) in [6, 6.07) is 8.78. The SMILES string of the molecule is C[C@H](NSC(C)(C)C)c1cc(=O)n(C)cc1-c1cc(N)c(F)cc1C(=O)c1ccc(F)cc1. The van der Waals surface area contributed by atoms with Crippen molar-refractivity contribution in [1.82, 2.24) is 9.29 Å². The number of nitrogens with zero attached hydrogens (tertiary/aromatic N) is 1. The Balaban J connectivity index is 2.20. The molecule has 0 aliphatic carbocycles. The highest BCUT2D eigenvalue weighted by Crippen LogP contribution is 2.35. The second kappa shape index (κ2) is 9.49. The minimum absolute atomic E-state index is 0.0713. The summed E-state index contributed by atoms with van der Waals surface area (Å²) in [6.07, 6.45) is 1.62. The predicted molar refractivity (Wildman–Crippen MR) is 130 cm³/mol. The summed E-state index contributed by atoms with van der Waals surface area (Å²) >= 11 is 1.52. The molecule has 8 heteroatoms. The molecule has 0 unspecified atom stereocenters. The van der Waals surface area contributed by atoms with Crippen molar-refractivity contribution in [3.05, 3.63) is 87.3 Å².